The standard InChI is InChI=1S/C33H41ClN2O5S/c1-21-6-7-22(2)32(37)35-42(38,39)26-10-13-30-29(17-26)36(18-24-8-11-27(24)31(15-21)40-3)19-33(20-41-30)14-4-5-23-16-25(34)9-12-28(23)33/h9-10,12-13,15-17,22,24,27,31H,4-8,11,14,18-20H2,1-3H3,(H,35,37)/b21-15+/t22-,24+,27-,31+,33+/m1/s1. The van der Waals surface area contributed by atoms with Crippen molar-refractivity contribution in [2.45, 2.75) is 75.2 Å². The summed E-state index contributed by atoms with van der Waals surface area (Å²) in [4.78, 5) is 15.4. The van der Waals surface area contributed by atoms with Gasteiger partial charge in [0.15, 0.2) is 0 Å². The van der Waals surface area contributed by atoms with Crippen LogP contribution in [0.4, 0.5) is 5.69 Å². The van der Waals surface area contributed by atoms with Gasteiger partial charge in [-0.05, 0) is 105 Å². The summed E-state index contributed by atoms with van der Waals surface area (Å²) in [5, 5.41) is 0.742. The smallest absolute Gasteiger partial charge is 0.264 e. The number of amides is 1. The van der Waals surface area contributed by atoms with Crippen molar-refractivity contribution < 1.29 is 22.7 Å². The lowest BCUT2D eigenvalue weighted by atomic mass is 9.68. The number of nitrogens with one attached hydrogen (secondary N) is 1. The predicted molar refractivity (Wildman–Crippen MR) is 165 cm³/mol. The molecule has 2 aromatic carbocycles. The highest BCUT2D eigenvalue weighted by molar-refractivity contribution is 7.90. The van der Waals surface area contributed by atoms with Crippen LogP contribution in [0.2, 0.25) is 5.02 Å². The number of methoxy groups -OCH3 is 1. The highest BCUT2D eigenvalue weighted by atomic mass is 35.5. The maximum absolute atomic E-state index is 13.5. The Morgan fingerprint density at radius 1 is 1.12 bits per heavy atom. The van der Waals surface area contributed by atoms with Gasteiger partial charge in [0.1, 0.15) is 5.75 Å². The second kappa shape index (κ2) is 11.5. The van der Waals surface area contributed by atoms with Gasteiger partial charge in [-0.15, -0.1) is 0 Å². The van der Waals surface area contributed by atoms with Gasteiger partial charge in [-0.3, -0.25) is 4.79 Å². The second-order valence-electron chi connectivity index (χ2n) is 12.9. The third kappa shape index (κ3) is 5.58. The number of carbonyl (C=O) groups is 1. The number of halogens is 1. The highest BCUT2D eigenvalue weighted by Gasteiger charge is 2.44. The number of anilines is 1. The molecule has 226 valence electrons. The van der Waals surface area contributed by atoms with Crippen molar-refractivity contribution in [1.29, 1.82) is 0 Å². The average molecular weight is 613 g/mol. The second-order valence-corrected chi connectivity index (χ2v) is 15.0. The number of ether oxygens (including phenoxy) is 2. The normalized spacial score (nSPS) is 32.2. The van der Waals surface area contributed by atoms with Crippen LogP contribution in [0.15, 0.2) is 52.9 Å². The van der Waals surface area contributed by atoms with Crippen molar-refractivity contribution in [3.8, 4) is 5.75 Å². The van der Waals surface area contributed by atoms with Gasteiger partial charge in [-0.25, -0.2) is 13.1 Å². The van der Waals surface area contributed by atoms with Gasteiger partial charge < -0.3 is 14.4 Å². The van der Waals surface area contributed by atoms with Crippen LogP contribution in [0, 0.1) is 17.8 Å². The molecule has 2 aromatic rings. The van der Waals surface area contributed by atoms with Crippen LogP contribution in [0.1, 0.15) is 63.5 Å². The molecule has 0 saturated heterocycles. The van der Waals surface area contributed by atoms with Gasteiger partial charge >= 0.3 is 0 Å². The fourth-order valence-corrected chi connectivity index (χ4v) is 8.69. The Morgan fingerprint density at radius 3 is 2.71 bits per heavy atom. The molecule has 2 heterocycles. The molecule has 1 saturated carbocycles. The van der Waals surface area contributed by atoms with E-state index in [1.54, 1.807) is 32.2 Å². The molecule has 1 spiro atoms. The van der Waals surface area contributed by atoms with Crippen molar-refractivity contribution in [3.63, 3.8) is 0 Å². The summed E-state index contributed by atoms with van der Waals surface area (Å²) in [5.74, 6) is 0.488. The topological polar surface area (TPSA) is 84.9 Å². The zero-order valence-corrected chi connectivity index (χ0v) is 26.3. The number of hydrogen-bond donors (Lipinski definition) is 1. The number of rotatable bonds is 1. The quantitative estimate of drug-likeness (QED) is 0.396. The number of hydrogen-bond acceptors (Lipinski definition) is 6. The van der Waals surface area contributed by atoms with E-state index in [-0.39, 0.29) is 16.4 Å². The molecule has 1 amide bonds. The molecule has 4 aliphatic rings. The Labute approximate surface area is 254 Å². The van der Waals surface area contributed by atoms with Crippen molar-refractivity contribution in [3.05, 3.63) is 64.2 Å². The van der Waals surface area contributed by atoms with Crippen LogP contribution in [-0.4, -0.2) is 47.2 Å². The summed E-state index contributed by atoms with van der Waals surface area (Å²) < 4.78 is 41.8. The van der Waals surface area contributed by atoms with Gasteiger partial charge in [-0.2, -0.15) is 0 Å². The summed E-state index contributed by atoms with van der Waals surface area (Å²) >= 11 is 6.40. The van der Waals surface area contributed by atoms with E-state index in [0.717, 1.165) is 54.9 Å². The van der Waals surface area contributed by atoms with E-state index in [4.69, 9.17) is 21.1 Å². The lowest BCUT2D eigenvalue weighted by Crippen LogP contribution is -2.49. The maximum Gasteiger partial charge on any atom is 0.264 e. The van der Waals surface area contributed by atoms with Crippen LogP contribution in [0.5, 0.6) is 5.75 Å². The van der Waals surface area contributed by atoms with Crippen molar-refractivity contribution >= 4 is 33.2 Å². The fraction of sp³-hybridized carbons (Fsp3) is 0.545. The molecule has 2 bridgehead atoms. The van der Waals surface area contributed by atoms with Crippen LogP contribution >= 0.6 is 11.6 Å². The van der Waals surface area contributed by atoms with Crippen molar-refractivity contribution in [1.82, 2.24) is 4.72 Å². The Balaban J connectivity index is 1.45. The average Bonchev–Trinajstić information content (AvgIpc) is 3.09. The van der Waals surface area contributed by atoms with E-state index in [2.05, 4.69) is 34.8 Å². The monoisotopic (exact) mass is 612 g/mol. The van der Waals surface area contributed by atoms with E-state index in [1.807, 2.05) is 6.07 Å². The molecule has 2 aliphatic carbocycles. The first-order valence-electron chi connectivity index (χ1n) is 15.2. The van der Waals surface area contributed by atoms with E-state index in [9.17, 15) is 13.2 Å². The van der Waals surface area contributed by atoms with E-state index in [0.29, 0.717) is 43.6 Å². The number of nitrogens with zero attached hydrogens (tertiary/aromatic N) is 1. The third-order valence-corrected chi connectivity index (χ3v) is 11.6. The fourth-order valence-electron chi connectivity index (χ4n) is 7.40. The zero-order chi connectivity index (χ0) is 29.6. The molecule has 7 nitrogen and oxygen atoms in total. The lowest BCUT2D eigenvalue weighted by Gasteiger charge is -2.46. The first-order valence-corrected chi connectivity index (χ1v) is 17.0. The summed E-state index contributed by atoms with van der Waals surface area (Å²) in [7, 11) is -2.28. The molecule has 0 unspecified atom stereocenters. The van der Waals surface area contributed by atoms with E-state index in [1.165, 1.54) is 11.1 Å². The highest BCUT2D eigenvalue weighted by Crippen LogP contribution is 2.47. The molecule has 1 N–H and O–H groups in total. The maximum atomic E-state index is 13.5. The molecule has 5 atom stereocenters. The SMILES string of the molecule is CO[C@H]1/C=C(\C)CC[C@@H](C)C(=O)NS(=O)(=O)c2ccc3c(c2)N(C[C@@H]2CC[C@H]21)C[C@@]1(CCCc2cc(Cl)ccc21)CO3. The molecular weight excluding hydrogens is 572 g/mol. The van der Waals surface area contributed by atoms with Gasteiger partial charge in [0, 0.05) is 36.6 Å². The molecular formula is C33H41ClN2O5S. The zero-order valence-electron chi connectivity index (χ0n) is 24.7. The minimum Gasteiger partial charge on any atom is -0.490 e. The Morgan fingerprint density at radius 2 is 1.95 bits per heavy atom. The summed E-state index contributed by atoms with van der Waals surface area (Å²) in [6, 6.07) is 11.2. The van der Waals surface area contributed by atoms with Crippen molar-refractivity contribution in [2.24, 2.45) is 17.8 Å². The molecule has 0 radical (unpaired) electrons. The van der Waals surface area contributed by atoms with Gasteiger partial charge in [-0.1, -0.05) is 36.2 Å². The molecule has 6 rings (SSSR count). The molecule has 0 aromatic heterocycles. The minimum atomic E-state index is -4.06. The Kier molecular flexibility index (Phi) is 8.09. The van der Waals surface area contributed by atoms with Crippen molar-refractivity contribution in [2.75, 3.05) is 31.7 Å². The summed E-state index contributed by atoms with van der Waals surface area (Å²) in [6.45, 7) is 5.83. The molecule has 2 aliphatic heterocycles. The predicted octanol–water partition coefficient (Wildman–Crippen LogP) is 6.04. The molecule has 9 heteroatoms. The van der Waals surface area contributed by atoms with Crippen LogP contribution in [-0.2, 0) is 31.4 Å². The van der Waals surface area contributed by atoms with E-state index < -0.39 is 21.8 Å². The number of aryl methyl sites for hydroxylation is 1. The number of allylic oxidation sites excluding steroid dienone is 1. The van der Waals surface area contributed by atoms with Crippen LogP contribution in [0.25, 0.3) is 0 Å². The first kappa shape index (κ1) is 29.5. The largest absolute Gasteiger partial charge is 0.490 e. The van der Waals surface area contributed by atoms with Crippen LogP contribution in [0.3, 0.4) is 0 Å². The summed E-state index contributed by atoms with van der Waals surface area (Å²) in [5.41, 5.74) is 4.20. The van der Waals surface area contributed by atoms with E-state index >= 15 is 0 Å². The Bertz CT molecular complexity index is 1510. The Hall–Kier alpha value is -2.55. The first-order chi connectivity index (χ1) is 20.1. The minimum absolute atomic E-state index is 0.00158. The molecule has 1 fully saturated rings. The van der Waals surface area contributed by atoms with Gasteiger partial charge in [0.2, 0.25) is 5.91 Å². The molecule has 42 heavy (non-hydrogen) atoms. The third-order valence-electron chi connectivity index (χ3n) is 10.0. The number of fused-ring (bicyclic) bond motifs is 4. The number of benzene rings is 2. The summed E-state index contributed by atoms with van der Waals surface area (Å²) in [6.07, 6.45) is 8.66. The number of sulfonamides is 1. The van der Waals surface area contributed by atoms with Crippen LogP contribution < -0.4 is 14.4 Å². The number of carbonyl (C=O) groups excluding carboxylic acids is 1. The van der Waals surface area contributed by atoms with Gasteiger partial charge in [0.05, 0.1) is 23.3 Å². The van der Waals surface area contributed by atoms with Gasteiger partial charge in [0.25, 0.3) is 10.0 Å². The lowest BCUT2D eigenvalue weighted by molar-refractivity contribution is -0.122.